The molecule has 1 fully saturated rings. The second-order valence-electron chi connectivity index (χ2n) is 10.2. The van der Waals surface area contributed by atoms with Crippen molar-refractivity contribution in [3.05, 3.63) is 65.5 Å². The lowest BCUT2D eigenvalue weighted by Gasteiger charge is -2.22. The van der Waals surface area contributed by atoms with Gasteiger partial charge in [-0.25, -0.2) is 4.79 Å². The Morgan fingerprint density at radius 3 is 2.39 bits per heavy atom. The van der Waals surface area contributed by atoms with Gasteiger partial charge >= 0.3 is 6.09 Å². The van der Waals surface area contributed by atoms with E-state index in [4.69, 9.17) is 4.74 Å². The summed E-state index contributed by atoms with van der Waals surface area (Å²) in [5, 5.41) is 7.76. The molecular weight excluding hydrogens is 472 g/mol. The highest BCUT2D eigenvalue weighted by molar-refractivity contribution is 7.13. The van der Waals surface area contributed by atoms with Gasteiger partial charge in [-0.15, -0.1) is 11.3 Å². The number of amides is 2. The van der Waals surface area contributed by atoms with Crippen molar-refractivity contribution in [1.29, 1.82) is 0 Å². The molecule has 3 aromatic rings. The molecule has 0 aliphatic carbocycles. The number of carbonyl (C=O) groups is 2. The Morgan fingerprint density at radius 2 is 1.78 bits per heavy atom. The second kappa shape index (κ2) is 10.7. The van der Waals surface area contributed by atoms with E-state index in [0.29, 0.717) is 23.0 Å². The number of benzene rings is 2. The molecule has 190 valence electrons. The molecule has 1 aliphatic rings. The van der Waals surface area contributed by atoms with Gasteiger partial charge in [0.2, 0.25) is 0 Å². The third-order valence-electron chi connectivity index (χ3n) is 6.10. The van der Waals surface area contributed by atoms with E-state index in [9.17, 15) is 9.59 Å². The summed E-state index contributed by atoms with van der Waals surface area (Å²) >= 11 is 1.61. The number of anilines is 3. The standard InChI is InChI=1S/C28H34N4O3S/c1-28(2,3)35-27(34)30-23-13-10-20(25-7-6-16-36-25)17-24(23)29-26(33)19-8-11-21(12-9-19)32-15-14-22(18-32)31(4)5/h6-13,16-17,22H,14-15,18H2,1-5H3,(H,29,33)(H,30,34). The SMILES string of the molecule is CN(C)C1CCN(c2ccc(C(=O)Nc3cc(-c4cccs4)ccc3NC(=O)OC(C)(C)C)cc2)C1. The van der Waals surface area contributed by atoms with E-state index in [0.717, 1.165) is 35.6 Å². The molecular formula is C28H34N4O3S. The number of rotatable bonds is 6. The normalized spacial score (nSPS) is 15.7. The number of hydrogen-bond donors (Lipinski definition) is 2. The predicted molar refractivity (Wildman–Crippen MR) is 148 cm³/mol. The minimum atomic E-state index is -0.631. The Morgan fingerprint density at radius 1 is 1.03 bits per heavy atom. The van der Waals surface area contributed by atoms with Crippen LogP contribution in [0, 0.1) is 0 Å². The average Bonchev–Trinajstić information content (AvgIpc) is 3.52. The summed E-state index contributed by atoms with van der Waals surface area (Å²) in [6.45, 7) is 7.40. The summed E-state index contributed by atoms with van der Waals surface area (Å²) < 4.78 is 5.40. The Bertz CT molecular complexity index is 1200. The quantitative estimate of drug-likeness (QED) is 0.419. The Labute approximate surface area is 217 Å². The topological polar surface area (TPSA) is 73.9 Å². The monoisotopic (exact) mass is 506 g/mol. The zero-order valence-corrected chi connectivity index (χ0v) is 22.3. The Kier molecular flexibility index (Phi) is 7.66. The molecule has 1 unspecified atom stereocenters. The third-order valence-corrected chi connectivity index (χ3v) is 7.02. The number of nitrogens with one attached hydrogen (secondary N) is 2. The van der Waals surface area contributed by atoms with Gasteiger partial charge in [0.15, 0.2) is 0 Å². The fourth-order valence-electron chi connectivity index (χ4n) is 4.18. The van der Waals surface area contributed by atoms with Gasteiger partial charge < -0.3 is 19.9 Å². The van der Waals surface area contributed by atoms with Crippen molar-refractivity contribution in [2.45, 2.75) is 38.8 Å². The van der Waals surface area contributed by atoms with Crippen LogP contribution in [0.15, 0.2) is 60.0 Å². The molecule has 2 amide bonds. The predicted octanol–water partition coefficient (Wildman–Crippen LogP) is 6.15. The van der Waals surface area contributed by atoms with Crippen molar-refractivity contribution in [2.75, 3.05) is 42.7 Å². The smallest absolute Gasteiger partial charge is 0.412 e. The van der Waals surface area contributed by atoms with Gasteiger partial charge in [0.25, 0.3) is 5.91 Å². The molecule has 2 aromatic carbocycles. The van der Waals surface area contributed by atoms with Gasteiger partial charge in [0, 0.05) is 35.3 Å². The van der Waals surface area contributed by atoms with Gasteiger partial charge in [-0.2, -0.15) is 0 Å². The van der Waals surface area contributed by atoms with Gasteiger partial charge in [0.1, 0.15) is 5.60 Å². The van der Waals surface area contributed by atoms with Crippen LogP contribution in [-0.4, -0.2) is 55.7 Å². The lowest BCUT2D eigenvalue weighted by Crippen LogP contribution is -2.31. The molecule has 2 heterocycles. The molecule has 8 heteroatoms. The van der Waals surface area contributed by atoms with Gasteiger partial charge in [0.05, 0.1) is 11.4 Å². The number of ether oxygens (including phenoxy) is 1. The summed E-state index contributed by atoms with van der Waals surface area (Å²) in [4.78, 5) is 31.3. The van der Waals surface area contributed by atoms with Crippen LogP contribution in [0.4, 0.5) is 21.9 Å². The second-order valence-corrected chi connectivity index (χ2v) is 11.2. The lowest BCUT2D eigenvalue weighted by atomic mass is 10.1. The van der Waals surface area contributed by atoms with Crippen LogP contribution in [0.3, 0.4) is 0 Å². The van der Waals surface area contributed by atoms with Crippen LogP contribution in [0.2, 0.25) is 0 Å². The van der Waals surface area contributed by atoms with Gasteiger partial charge in [-0.05, 0) is 94.7 Å². The van der Waals surface area contributed by atoms with E-state index < -0.39 is 11.7 Å². The Balaban J connectivity index is 1.52. The molecule has 4 rings (SSSR count). The third kappa shape index (κ3) is 6.44. The van der Waals surface area contributed by atoms with Crippen molar-refractivity contribution in [2.24, 2.45) is 0 Å². The minimum absolute atomic E-state index is 0.246. The molecule has 0 saturated carbocycles. The van der Waals surface area contributed by atoms with Crippen molar-refractivity contribution >= 4 is 40.4 Å². The zero-order chi connectivity index (χ0) is 25.9. The molecule has 0 radical (unpaired) electrons. The van der Waals surface area contributed by atoms with Crippen molar-refractivity contribution in [1.82, 2.24) is 4.90 Å². The van der Waals surface area contributed by atoms with E-state index in [2.05, 4.69) is 34.5 Å². The van der Waals surface area contributed by atoms with E-state index in [1.165, 1.54) is 0 Å². The average molecular weight is 507 g/mol. The highest BCUT2D eigenvalue weighted by Gasteiger charge is 2.24. The first-order valence-corrected chi connectivity index (χ1v) is 13.0. The highest BCUT2D eigenvalue weighted by Crippen LogP contribution is 2.32. The number of likely N-dealkylation sites (N-methyl/N-ethyl adjacent to an activating group) is 1. The van der Waals surface area contributed by atoms with Gasteiger partial charge in [-0.3, -0.25) is 10.1 Å². The van der Waals surface area contributed by atoms with Crippen LogP contribution >= 0.6 is 11.3 Å². The number of carbonyl (C=O) groups excluding carboxylic acids is 2. The van der Waals surface area contributed by atoms with E-state index in [1.807, 2.05) is 74.7 Å². The molecule has 1 aromatic heterocycles. The lowest BCUT2D eigenvalue weighted by molar-refractivity contribution is 0.0635. The fourth-order valence-corrected chi connectivity index (χ4v) is 4.91. The molecule has 36 heavy (non-hydrogen) atoms. The van der Waals surface area contributed by atoms with Gasteiger partial charge in [-0.1, -0.05) is 12.1 Å². The molecule has 1 atom stereocenters. The Hall–Kier alpha value is -3.36. The van der Waals surface area contributed by atoms with Crippen LogP contribution in [0.1, 0.15) is 37.6 Å². The van der Waals surface area contributed by atoms with Crippen LogP contribution in [0.5, 0.6) is 0 Å². The van der Waals surface area contributed by atoms with E-state index in [-0.39, 0.29) is 5.91 Å². The maximum Gasteiger partial charge on any atom is 0.412 e. The van der Waals surface area contributed by atoms with Crippen molar-refractivity contribution < 1.29 is 14.3 Å². The first-order chi connectivity index (χ1) is 17.1. The molecule has 2 N–H and O–H groups in total. The molecule has 1 aliphatic heterocycles. The molecule has 7 nitrogen and oxygen atoms in total. The minimum Gasteiger partial charge on any atom is -0.444 e. The summed E-state index contributed by atoms with van der Waals surface area (Å²) in [5.41, 5.74) is 2.97. The largest absolute Gasteiger partial charge is 0.444 e. The van der Waals surface area contributed by atoms with Crippen LogP contribution in [0.25, 0.3) is 10.4 Å². The number of thiophene rings is 1. The molecule has 0 bridgehead atoms. The maximum atomic E-state index is 13.2. The fraction of sp³-hybridized carbons (Fsp3) is 0.357. The number of nitrogens with zero attached hydrogens (tertiary/aromatic N) is 2. The number of hydrogen-bond acceptors (Lipinski definition) is 6. The maximum absolute atomic E-state index is 13.2. The summed E-state index contributed by atoms with van der Waals surface area (Å²) in [7, 11) is 4.22. The van der Waals surface area contributed by atoms with E-state index >= 15 is 0 Å². The van der Waals surface area contributed by atoms with Crippen LogP contribution in [-0.2, 0) is 4.74 Å². The van der Waals surface area contributed by atoms with E-state index in [1.54, 1.807) is 17.4 Å². The first kappa shape index (κ1) is 25.7. The summed E-state index contributed by atoms with van der Waals surface area (Å²) in [5.74, 6) is -0.246. The highest BCUT2D eigenvalue weighted by atomic mass is 32.1. The molecule has 1 saturated heterocycles. The van der Waals surface area contributed by atoms with Crippen molar-refractivity contribution in [3.8, 4) is 10.4 Å². The first-order valence-electron chi connectivity index (χ1n) is 12.1. The summed E-state index contributed by atoms with van der Waals surface area (Å²) in [6, 6.07) is 17.8. The molecule has 0 spiro atoms. The zero-order valence-electron chi connectivity index (χ0n) is 21.5. The van der Waals surface area contributed by atoms with Crippen LogP contribution < -0.4 is 15.5 Å². The summed E-state index contributed by atoms with van der Waals surface area (Å²) in [6.07, 6.45) is 0.552. The van der Waals surface area contributed by atoms with Crippen molar-refractivity contribution in [3.63, 3.8) is 0 Å².